The van der Waals surface area contributed by atoms with Crippen molar-refractivity contribution in [3.63, 3.8) is 0 Å². The number of rotatable bonds is 1. The predicted molar refractivity (Wildman–Crippen MR) is 87.4 cm³/mol. The van der Waals surface area contributed by atoms with E-state index in [1.165, 1.54) is 19.5 Å². The summed E-state index contributed by atoms with van der Waals surface area (Å²) < 4.78 is 5.34. The molecule has 124 valence electrons. The first-order valence-electron chi connectivity index (χ1n) is 8.37. The smallest absolute Gasteiger partial charge is 0.410 e. The maximum atomic E-state index is 11.7. The number of carbonyl (C=O) groups is 1. The molecule has 2 rings (SSSR count). The van der Waals surface area contributed by atoms with Crippen LogP contribution in [0, 0.1) is 17.8 Å². The van der Waals surface area contributed by atoms with Gasteiger partial charge in [-0.3, -0.25) is 0 Å². The van der Waals surface area contributed by atoms with Gasteiger partial charge in [-0.25, -0.2) is 4.79 Å². The van der Waals surface area contributed by atoms with Crippen molar-refractivity contribution in [3.05, 3.63) is 0 Å². The summed E-state index contributed by atoms with van der Waals surface area (Å²) >= 11 is 0. The standard InChI is InChI=1S/C12H23NO2.C5H11N/c1-9(2)10-6-7-13(8-10)11(14)15-12(3,4)5;1-5-2-3-6-4-5/h9-10H,6-8H2,1-5H3;5-6H,2-4H2,1H3/t;5-/m.1/s1. The number of carbonyl (C=O) groups excluding carboxylic acids is 1. The fourth-order valence-corrected chi connectivity index (χ4v) is 2.62. The van der Waals surface area contributed by atoms with E-state index in [0.717, 1.165) is 25.4 Å². The molecule has 2 atom stereocenters. The molecule has 0 aliphatic carbocycles. The van der Waals surface area contributed by atoms with Gasteiger partial charge in [0.2, 0.25) is 0 Å². The summed E-state index contributed by atoms with van der Waals surface area (Å²) in [7, 11) is 0. The quantitative estimate of drug-likeness (QED) is 0.805. The van der Waals surface area contributed by atoms with Gasteiger partial charge in [0.05, 0.1) is 0 Å². The van der Waals surface area contributed by atoms with Crippen molar-refractivity contribution < 1.29 is 9.53 Å². The van der Waals surface area contributed by atoms with Gasteiger partial charge < -0.3 is 15.0 Å². The summed E-state index contributed by atoms with van der Waals surface area (Å²) in [6.07, 6.45) is 2.32. The molecule has 2 aliphatic heterocycles. The Kier molecular flexibility index (Phi) is 6.98. The molecule has 1 N–H and O–H groups in total. The molecule has 0 aromatic heterocycles. The van der Waals surface area contributed by atoms with Crippen LogP contribution in [0.3, 0.4) is 0 Å². The van der Waals surface area contributed by atoms with E-state index in [-0.39, 0.29) is 11.7 Å². The molecule has 4 heteroatoms. The fourth-order valence-electron chi connectivity index (χ4n) is 2.62. The van der Waals surface area contributed by atoms with Crippen molar-refractivity contribution in [1.29, 1.82) is 0 Å². The third kappa shape index (κ3) is 7.16. The van der Waals surface area contributed by atoms with Gasteiger partial charge >= 0.3 is 6.09 Å². The van der Waals surface area contributed by atoms with Crippen molar-refractivity contribution in [1.82, 2.24) is 10.2 Å². The molecule has 0 aromatic rings. The van der Waals surface area contributed by atoms with Crippen LogP contribution in [0.2, 0.25) is 0 Å². The van der Waals surface area contributed by atoms with E-state index in [1.807, 2.05) is 25.7 Å². The fraction of sp³-hybridized carbons (Fsp3) is 0.941. The zero-order chi connectivity index (χ0) is 16.0. The highest BCUT2D eigenvalue weighted by molar-refractivity contribution is 5.68. The highest BCUT2D eigenvalue weighted by Gasteiger charge is 2.30. The van der Waals surface area contributed by atoms with Crippen LogP contribution in [0.4, 0.5) is 4.79 Å². The van der Waals surface area contributed by atoms with Gasteiger partial charge in [-0.1, -0.05) is 20.8 Å². The highest BCUT2D eigenvalue weighted by atomic mass is 16.6. The monoisotopic (exact) mass is 298 g/mol. The Morgan fingerprint density at radius 2 is 1.95 bits per heavy atom. The molecule has 2 saturated heterocycles. The molecule has 1 unspecified atom stereocenters. The van der Waals surface area contributed by atoms with Crippen molar-refractivity contribution in [3.8, 4) is 0 Å². The van der Waals surface area contributed by atoms with Gasteiger partial charge in [0.15, 0.2) is 0 Å². The number of nitrogens with zero attached hydrogens (tertiary/aromatic N) is 1. The summed E-state index contributed by atoms with van der Waals surface area (Å²) in [5.74, 6) is 2.22. The van der Waals surface area contributed by atoms with Gasteiger partial charge in [-0.05, 0) is 64.5 Å². The van der Waals surface area contributed by atoms with Crippen molar-refractivity contribution >= 4 is 6.09 Å². The zero-order valence-corrected chi connectivity index (χ0v) is 14.7. The molecular weight excluding hydrogens is 264 g/mol. The predicted octanol–water partition coefficient (Wildman–Crippen LogP) is 3.52. The van der Waals surface area contributed by atoms with Crippen LogP contribution in [-0.4, -0.2) is 42.8 Å². The molecule has 4 nitrogen and oxygen atoms in total. The Hall–Kier alpha value is -0.770. The van der Waals surface area contributed by atoms with E-state index in [1.54, 1.807) is 0 Å². The summed E-state index contributed by atoms with van der Waals surface area (Å²) in [4.78, 5) is 13.6. The van der Waals surface area contributed by atoms with Crippen molar-refractivity contribution in [2.24, 2.45) is 17.8 Å². The first-order chi connectivity index (χ1) is 9.69. The minimum Gasteiger partial charge on any atom is -0.444 e. The first-order valence-corrected chi connectivity index (χ1v) is 8.37. The van der Waals surface area contributed by atoms with Crippen LogP contribution in [0.15, 0.2) is 0 Å². The van der Waals surface area contributed by atoms with Crippen LogP contribution in [0.25, 0.3) is 0 Å². The Morgan fingerprint density at radius 1 is 1.29 bits per heavy atom. The summed E-state index contributed by atoms with van der Waals surface area (Å²) in [6, 6.07) is 0. The lowest BCUT2D eigenvalue weighted by Crippen LogP contribution is -2.35. The van der Waals surface area contributed by atoms with E-state index >= 15 is 0 Å². The molecular formula is C17H34N2O2. The van der Waals surface area contributed by atoms with E-state index in [9.17, 15) is 4.79 Å². The van der Waals surface area contributed by atoms with Gasteiger partial charge in [0.25, 0.3) is 0 Å². The largest absolute Gasteiger partial charge is 0.444 e. The molecule has 21 heavy (non-hydrogen) atoms. The lowest BCUT2D eigenvalue weighted by Gasteiger charge is -2.24. The third-order valence-electron chi connectivity index (χ3n) is 4.13. The topological polar surface area (TPSA) is 41.6 Å². The van der Waals surface area contributed by atoms with Gasteiger partial charge in [0, 0.05) is 13.1 Å². The second-order valence-corrected chi connectivity index (χ2v) is 7.82. The summed E-state index contributed by atoms with van der Waals surface area (Å²) in [5.41, 5.74) is -0.382. The normalized spacial score (nSPS) is 25.8. The molecule has 1 amide bonds. The lowest BCUT2D eigenvalue weighted by molar-refractivity contribution is 0.0285. The van der Waals surface area contributed by atoms with Crippen LogP contribution in [0.1, 0.15) is 54.4 Å². The van der Waals surface area contributed by atoms with Crippen LogP contribution in [0.5, 0.6) is 0 Å². The number of amides is 1. The molecule has 0 radical (unpaired) electrons. The first kappa shape index (κ1) is 18.3. The second-order valence-electron chi connectivity index (χ2n) is 7.82. The number of hydrogen-bond donors (Lipinski definition) is 1. The Bertz CT molecular complexity index is 317. The Morgan fingerprint density at radius 3 is 2.29 bits per heavy atom. The lowest BCUT2D eigenvalue weighted by atomic mass is 9.95. The average molecular weight is 298 g/mol. The van der Waals surface area contributed by atoms with E-state index in [4.69, 9.17) is 4.74 Å². The Labute approximate surface area is 130 Å². The van der Waals surface area contributed by atoms with Gasteiger partial charge in [-0.2, -0.15) is 0 Å². The molecule has 2 aliphatic rings. The van der Waals surface area contributed by atoms with Crippen molar-refractivity contribution in [2.45, 2.75) is 60.0 Å². The van der Waals surface area contributed by atoms with E-state index in [2.05, 4.69) is 26.1 Å². The summed E-state index contributed by atoms with van der Waals surface area (Å²) in [5, 5.41) is 3.27. The van der Waals surface area contributed by atoms with Crippen LogP contribution in [-0.2, 0) is 4.74 Å². The molecule has 0 saturated carbocycles. The summed E-state index contributed by atoms with van der Waals surface area (Å²) in [6.45, 7) is 16.6. The van der Waals surface area contributed by atoms with Crippen LogP contribution < -0.4 is 5.32 Å². The number of hydrogen-bond acceptors (Lipinski definition) is 3. The van der Waals surface area contributed by atoms with Gasteiger partial charge in [-0.15, -0.1) is 0 Å². The number of nitrogens with one attached hydrogen (secondary N) is 1. The number of likely N-dealkylation sites (tertiary alicyclic amines) is 1. The van der Waals surface area contributed by atoms with Gasteiger partial charge in [0.1, 0.15) is 5.60 Å². The second kappa shape index (κ2) is 8.02. The molecule has 0 bridgehead atoms. The van der Waals surface area contributed by atoms with E-state index in [0.29, 0.717) is 11.8 Å². The average Bonchev–Trinajstić information content (AvgIpc) is 2.97. The third-order valence-corrected chi connectivity index (χ3v) is 4.13. The SMILES string of the molecule is CC(C)C1CCN(C(=O)OC(C)(C)C)C1.C[C@@H]1CCNC1. The highest BCUT2D eigenvalue weighted by Crippen LogP contribution is 2.24. The molecule has 0 spiro atoms. The number of ether oxygens (including phenoxy) is 1. The zero-order valence-electron chi connectivity index (χ0n) is 14.7. The maximum Gasteiger partial charge on any atom is 0.410 e. The van der Waals surface area contributed by atoms with Crippen LogP contribution >= 0.6 is 0 Å². The molecule has 2 heterocycles. The van der Waals surface area contributed by atoms with E-state index < -0.39 is 0 Å². The minimum atomic E-state index is -0.382. The molecule has 2 fully saturated rings. The van der Waals surface area contributed by atoms with Crippen molar-refractivity contribution in [2.75, 3.05) is 26.2 Å². The molecule has 0 aromatic carbocycles. The maximum absolute atomic E-state index is 11.7. The Balaban J connectivity index is 0.000000304. The minimum absolute atomic E-state index is 0.161.